The van der Waals surface area contributed by atoms with Crippen LogP contribution in [0.1, 0.15) is 41.6 Å². The third-order valence-electron chi connectivity index (χ3n) is 2.97. The number of esters is 1. The van der Waals surface area contributed by atoms with Gasteiger partial charge >= 0.3 is 5.97 Å². The zero-order valence-corrected chi connectivity index (χ0v) is 9.53. The second kappa shape index (κ2) is 4.97. The van der Waals surface area contributed by atoms with E-state index in [-0.39, 0.29) is 5.97 Å². The molecule has 0 aliphatic heterocycles. The lowest BCUT2D eigenvalue weighted by Crippen LogP contribution is -2.01. The van der Waals surface area contributed by atoms with Crippen LogP contribution in [0, 0.1) is 0 Å². The summed E-state index contributed by atoms with van der Waals surface area (Å²) in [5.74, 6) is -0.274. The molecule has 0 spiro atoms. The fourth-order valence-electron chi connectivity index (χ4n) is 2.04. The maximum absolute atomic E-state index is 11.3. The summed E-state index contributed by atoms with van der Waals surface area (Å²) in [4.78, 5) is 11.3. The molecule has 0 heterocycles. The van der Waals surface area contributed by atoms with Crippen molar-refractivity contribution in [1.29, 1.82) is 0 Å². The average Bonchev–Trinajstić information content (AvgIpc) is 2.39. The normalized spacial score (nSPS) is 15.4. The van der Waals surface area contributed by atoms with Gasteiger partial charge in [-0.25, -0.2) is 4.79 Å². The predicted octanol–water partition coefficient (Wildman–Crippen LogP) is 3.43. The smallest absolute Gasteiger partial charge is 0.337 e. The van der Waals surface area contributed by atoms with E-state index in [1.54, 1.807) is 0 Å². The number of rotatable bonds is 2. The van der Waals surface area contributed by atoms with E-state index >= 15 is 0 Å². The Bertz CT molecular complexity index is 401. The Balaban J connectivity index is 2.18. The lowest BCUT2D eigenvalue weighted by molar-refractivity contribution is 0.0601. The molecular weight excluding hydrogens is 200 g/mol. The van der Waals surface area contributed by atoms with Gasteiger partial charge in [0.05, 0.1) is 12.7 Å². The SMILES string of the molecule is COC(=O)c1ccc(C2=CCCCC2)cc1. The fourth-order valence-corrected chi connectivity index (χ4v) is 2.04. The summed E-state index contributed by atoms with van der Waals surface area (Å²) in [5.41, 5.74) is 3.25. The first kappa shape index (κ1) is 10.9. The number of allylic oxidation sites excluding steroid dienone is 2. The van der Waals surface area contributed by atoms with Gasteiger partial charge in [0.1, 0.15) is 0 Å². The van der Waals surface area contributed by atoms with Crippen molar-refractivity contribution in [1.82, 2.24) is 0 Å². The molecule has 0 radical (unpaired) electrons. The molecule has 2 rings (SSSR count). The van der Waals surface area contributed by atoms with Crippen LogP contribution >= 0.6 is 0 Å². The Hall–Kier alpha value is -1.57. The van der Waals surface area contributed by atoms with Gasteiger partial charge in [0.15, 0.2) is 0 Å². The highest BCUT2D eigenvalue weighted by atomic mass is 16.5. The minimum atomic E-state index is -0.274. The molecule has 1 aliphatic rings. The van der Waals surface area contributed by atoms with Crippen LogP contribution in [-0.2, 0) is 4.74 Å². The highest BCUT2D eigenvalue weighted by Gasteiger charge is 2.08. The van der Waals surface area contributed by atoms with Gasteiger partial charge in [0.25, 0.3) is 0 Å². The molecule has 0 saturated carbocycles. The molecule has 0 fully saturated rings. The third kappa shape index (κ3) is 2.32. The Morgan fingerprint density at radius 3 is 2.50 bits per heavy atom. The van der Waals surface area contributed by atoms with E-state index < -0.39 is 0 Å². The summed E-state index contributed by atoms with van der Waals surface area (Å²) < 4.78 is 4.67. The highest BCUT2D eigenvalue weighted by molar-refractivity contribution is 5.89. The first-order valence-electron chi connectivity index (χ1n) is 5.69. The number of methoxy groups -OCH3 is 1. The van der Waals surface area contributed by atoms with Crippen LogP contribution in [0.3, 0.4) is 0 Å². The van der Waals surface area contributed by atoms with Gasteiger partial charge in [-0.1, -0.05) is 18.2 Å². The first-order chi connectivity index (χ1) is 7.81. The Morgan fingerprint density at radius 1 is 1.19 bits per heavy atom. The molecule has 1 aliphatic carbocycles. The number of hydrogen-bond acceptors (Lipinski definition) is 2. The van der Waals surface area contributed by atoms with Crippen LogP contribution < -0.4 is 0 Å². The molecular formula is C14H16O2. The summed E-state index contributed by atoms with van der Waals surface area (Å²) >= 11 is 0. The Labute approximate surface area is 95.9 Å². The molecule has 0 aromatic heterocycles. The third-order valence-corrected chi connectivity index (χ3v) is 2.97. The zero-order chi connectivity index (χ0) is 11.4. The maximum atomic E-state index is 11.3. The Morgan fingerprint density at radius 2 is 1.94 bits per heavy atom. The van der Waals surface area contributed by atoms with Crippen LogP contribution in [0.25, 0.3) is 5.57 Å². The molecule has 0 saturated heterocycles. The molecule has 1 aromatic rings. The molecule has 0 N–H and O–H groups in total. The average molecular weight is 216 g/mol. The van der Waals surface area contributed by atoms with Crippen molar-refractivity contribution in [2.75, 3.05) is 7.11 Å². The topological polar surface area (TPSA) is 26.3 Å². The molecule has 2 heteroatoms. The summed E-state index contributed by atoms with van der Waals surface area (Å²) in [6.07, 6.45) is 7.19. The van der Waals surface area contributed by atoms with Gasteiger partial charge in [-0.3, -0.25) is 0 Å². The standard InChI is InChI=1S/C14H16O2/c1-16-14(15)13-9-7-12(8-10-13)11-5-3-2-4-6-11/h5,7-10H,2-4,6H2,1H3. The van der Waals surface area contributed by atoms with E-state index in [0.29, 0.717) is 5.56 Å². The molecule has 0 atom stereocenters. The van der Waals surface area contributed by atoms with Crippen molar-refractivity contribution in [2.24, 2.45) is 0 Å². The van der Waals surface area contributed by atoms with E-state index in [1.807, 2.05) is 24.3 Å². The zero-order valence-electron chi connectivity index (χ0n) is 9.53. The second-order valence-electron chi connectivity index (χ2n) is 4.04. The van der Waals surface area contributed by atoms with E-state index in [2.05, 4.69) is 10.8 Å². The van der Waals surface area contributed by atoms with Crippen molar-refractivity contribution in [2.45, 2.75) is 25.7 Å². The van der Waals surface area contributed by atoms with Crippen LogP contribution in [-0.4, -0.2) is 13.1 Å². The van der Waals surface area contributed by atoms with Gasteiger partial charge in [0.2, 0.25) is 0 Å². The molecule has 0 amide bonds. The van der Waals surface area contributed by atoms with Crippen LogP contribution in [0.5, 0.6) is 0 Å². The second-order valence-corrected chi connectivity index (χ2v) is 4.04. The summed E-state index contributed by atoms with van der Waals surface area (Å²) in [5, 5.41) is 0. The minimum absolute atomic E-state index is 0.274. The number of carbonyl (C=O) groups is 1. The lowest BCUT2D eigenvalue weighted by Gasteiger charge is -2.12. The lowest BCUT2D eigenvalue weighted by atomic mass is 9.93. The summed E-state index contributed by atoms with van der Waals surface area (Å²) in [6, 6.07) is 7.67. The maximum Gasteiger partial charge on any atom is 0.337 e. The van der Waals surface area contributed by atoms with Crippen LogP contribution in [0.15, 0.2) is 30.3 Å². The quantitative estimate of drug-likeness (QED) is 0.708. The molecule has 0 unspecified atom stereocenters. The van der Waals surface area contributed by atoms with E-state index in [0.717, 1.165) is 6.42 Å². The summed E-state index contributed by atoms with van der Waals surface area (Å²) in [7, 11) is 1.40. The van der Waals surface area contributed by atoms with E-state index in [9.17, 15) is 4.79 Å². The first-order valence-corrected chi connectivity index (χ1v) is 5.69. The van der Waals surface area contributed by atoms with Crippen molar-refractivity contribution < 1.29 is 9.53 Å². The molecule has 1 aromatic carbocycles. The van der Waals surface area contributed by atoms with Crippen molar-refractivity contribution in [3.05, 3.63) is 41.5 Å². The molecule has 16 heavy (non-hydrogen) atoms. The van der Waals surface area contributed by atoms with Gasteiger partial charge < -0.3 is 4.74 Å². The van der Waals surface area contributed by atoms with Gasteiger partial charge in [0, 0.05) is 0 Å². The predicted molar refractivity (Wildman–Crippen MR) is 64.2 cm³/mol. The molecule has 0 bridgehead atoms. The van der Waals surface area contributed by atoms with Gasteiger partial charge in [-0.2, -0.15) is 0 Å². The largest absolute Gasteiger partial charge is 0.465 e. The van der Waals surface area contributed by atoms with Crippen LogP contribution in [0.2, 0.25) is 0 Å². The molecule has 2 nitrogen and oxygen atoms in total. The van der Waals surface area contributed by atoms with Crippen molar-refractivity contribution in [3.63, 3.8) is 0 Å². The van der Waals surface area contributed by atoms with Gasteiger partial charge in [-0.15, -0.1) is 0 Å². The Kier molecular flexibility index (Phi) is 3.40. The number of carbonyl (C=O) groups excluding carboxylic acids is 1. The minimum Gasteiger partial charge on any atom is -0.465 e. The van der Waals surface area contributed by atoms with Crippen molar-refractivity contribution in [3.8, 4) is 0 Å². The van der Waals surface area contributed by atoms with Crippen molar-refractivity contribution >= 4 is 11.5 Å². The monoisotopic (exact) mass is 216 g/mol. The van der Waals surface area contributed by atoms with E-state index in [4.69, 9.17) is 0 Å². The number of hydrogen-bond donors (Lipinski definition) is 0. The fraction of sp³-hybridized carbons (Fsp3) is 0.357. The van der Waals surface area contributed by atoms with E-state index in [1.165, 1.54) is 37.5 Å². The summed E-state index contributed by atoms with van der Waals surface area (Å²) in [6.45, 7) is 0. The highest BCUT2D eigenvalue weighted by Crippen LogP contribution is 2.26. The van der Waals surface area contributed by atoms with Crippen LogP contribution in [0.4, 0.5) is 0 Å². The van der Waals surface area contributed by atoms with Gasteiger partial charge in [-0.05, 0) is 49.0 Å². The number of benzene rings is 1. The molecule has 84 valence electrons. The number of ether oxygens (including phenoxy) is 1.